The van der Waals surface area contributed by atoms with Crippen LogP contribution in [0, 0.1) is 0 Å². The molecule has 0 saturated heterocycles. The Kier molecular flexibility index (Phi) is 5.52. The maximum Gasteiger partial charge on any atom is 0.284 e. The number of benzene rings is 1. The Hall–Kier alpha value is -2.74. The third-order valence-corrected chi connectivity index (χ3v) is 3.87. The number of rotatable bonds is 8. The van der Waals surface area contributed by atoms with Gasteiger partial charge in [0.15, 0.2) is 0 Å². The molecule has 1 aromatic carbocycles. The van der Waals surface area contributed by atoms with Gasteiger partial charge in [-0.15, -0.1) is 6.58 Å². The lowest BCUT2D eigenvalue weighted by Gasteiger charge is -2.05. The summed E-state index contributed by atoms with van der Waals surface area (Å²) in [7, 11) is 0. The third-order valence-electron chi connectivity index (χ3n) is 3.87. The van der Waals surface area contributed by atoms with Crippen LogP contribution >= 0.6 is 0 Å². The summed E-state index contributed by atoms with van der Waals surface area (Å²) in [5, 5.41) is 0. The zero-order valence-electron chi connectivity index (χ0n) is 13.8. The summed E-state index contributed by atoms with van der Waals surface area (Å²) < 4.78 is 11.3. The predicted molar refractivity (Wildman–Crippen MR) is 99.4 cm³/mol. The summed E-state index contributed by atoms with van der Waals surface area (Å²) in [4.78, 5) is 0. The molecule has 24 heavy (non-hydrogen) atoms. The third kappa shape index (κ3) is 4.17. The summed E-state index contributed by atoms with van der Waals surface area (Å²) in [5.41, 5.74) is 4.64. The van der Waals surface area contributed by atoms with Crippen LogP contribution in [0.4, 0.5) is 0 Å². The number of unbranched alkanes of at least 4 members (excludes halogenated alkanes) is 1. The average molecular weight is 318 g/mol. The van der Waals surface area contributed by atoms with Gasteiger partial charge in [0.2, 0.25) is 0 Å². The van der Waals surface area contributed by atoms with E-state index in [9.17, 15) is 0 Å². The second-order valence-corrected chi connectivity index (χ2v) is 5.71. The maximum absolute atomic E-state index is 5.71. The van der Waals surface area contributed by atoms with Crippen LogP contribution in [0.1, 0.15) is 19.3 Å². The molecule has 0 unspecified atom stereocenters. The first-order valence-corrected chi connectivity index (χ1v) is 8.33. The smallest absolute Gasteiger partial charge is 0.284 e. The minimum Gasteiger partial charge on any atom is -0.465 e. The molecule has 1 heterocycles. The summed E-state index contributed by atoms with van der Waals surface area (Å²) in [5.74, 6) is 0.572. The predicted octanol–water partition coefficient (Wildman–Crippen LogP) is 6.34. The molecule has 122 valence electrons. The number of hydrogen-bond donors (Lipinski definition) is 0. The first-order chi connectivity index (χ1) is 11.9. The molecular formula is C22H22O2. The molecule has 0 radical (unpaired) electrons. The molecule has 0 spiro atoms. The Morgan fingerprint density at radius 1 is 0.917 bits per heavy atom. The van der Waals surface area contributed by atoms with Crippen LogP contribution in [0.5, 0.6) is 5.95 Å². The quantitative estimate of drug-likeness (QED) is 0.357. The molecule has 0 saturated carbocycles. The van der Waals surface area contributed by atoms with Gasteiger partial charge < -0.3 is 9.15 Å². The standard InChI is InChI=1S/C22H22O2/c1-2-3-4-5-6-10-13-23-22-16-20-14-19(15-21(20)17-24-22)18-11-8-7-9-12-18/h2,4-5,7-9,11-12,14-17H,1,3,6,10,13H2/b5-4+. The van der Waals surface area contributed by atoms with Gasteiger partial charge >= 0.3 is 0 Å². The van der Waals surface area contributed by atoms with Gasteiger partial charge in [0.05, 0.1) is 6.61 Å². The van der Waals surface area contributed by atoms with Gasteiger partial charge in [0.1, 0.15) is 6.26 Å². The molecule has 1 aliphatic carbocycles. The molecule has 3 rings (SSSR count). The molecule has 2 aliphatic rings. The van der Waals surface area contributed by atoms with E-state index in [1.807, 2.05) is 18.2 Å². The minimum absolute atomic E-state index is 0.572. The van der Waals surface area contributed by atoms with E-state index in [2.05, 4.69) is 55.1 Å². The molecule has 2 nitrogen and oxygen atoms in total. The van der Waals surface area contributed by atoms with E-state index >= 15 is 0 Å². The van der Waals surface area contributed by atoms with Crippen molar-refractivity contribution in [3.63, 3.8) is 0 Å². The molecule has 0 amide bonds. The second kappa shape index (κ2) is 8.21. The molecular weight excluding hydrogens is 296 g/mol. The van der Waals surface area contributed by atoms with E-state index in [0.717, 1.165) is 30.4 Å². The van der Waals surface area contributed by atoms with Gasteiger partial charge in [-0.25, -0.2) is 0 Å². The fraction of sp³-hybridized carbons (Fsp3) is 0.182. The molecule has 0 fully saturated rings. The molecule has 1 aliphatic heterocycles. The van der Waals surface area contributed by atoms with Crippen LogP contribution < -0.4 is 4.74 Å². The fourth-order valence-corrected chi connectivity index (χ4v) is 2.61. The summed E-state index contributed by atoms with van der Waals surface area (Å²) in [6.45, 7) is 4.34. The first-order valence-electron chi connectivity index (χ1n) is 8.33. The summed E-state index contributed by atoms with van der Waals surface area (Å²) >= 11 is 0. The lowest BCUT2D eigenvalue weighted by molar-refractivity contribution is 0.235. The van der Waals surface area contributed by atoms with Crippen LogP contribution in [0.15, 0.2) is 84.0 Å². The van der Waals surface area contributed by atoms with Gasteiger partial charge in [-0.05, 0) is 48.1 Å². The highest BCUT2D eigenvalue weighted by molar-refractivity contribution is 5.79. The van der Waals surface area contributed by atoms with E-state index in [1.54, 1.807) is 6.26 Å². The van der Waals surface area contributed by atoms with Gasteiger partial charge in [0.25, 0.3) is 5.95 Å². The summed E-state index contributed by atoms with van der Waals surface area (Å²) in [6.07, 6.45) is 10.8. The van der Waals surface area contributed by atoms with Crippen molar-refractivity contribution < 1.29 is 9.15 Å². The van der Waals surface area contributed by atoms with Gasteiger partial charge in [0, 0.05) is 11.6 Å². The van der Waals surface area contributed by atoms with Crippen LogP contribution in [-0.4, -0.2) is 6.61 Å². The maximum atomic E-state index is 5.71. The Labute approximate surface area is 143 Å². The van der Waals surface area contributed by atoms with Crippen molar-refractivity contribution >= 4 is 0 Å². The van der Waals surface area contributed by atoms with Crippen molar-refractivity contribution in [2.45, 2.75) is 19.3 Å². The summed E-state index contributed by atoms with van der Waals surface area (Å²) in [6, 6.07) is 16.6. The van der Waals surface area contributed by atoms with E-state index in [0.29, 0.717) is 12.6 Å². The van der Waals surface area contributed by atoms with Crippen molar-refractivity contribution in [3.05, 3.63) is 79.6 Å². The Balaban J connectivity index is 1.60. The number of fused-ring (bicyclic) bond motifs is 1. The zero-order valence-corrected chi connectivity index (χ0v) is 13.8. The van der Waals surface area contributed by atoms with Crippen molar-refractivity contribution in [2.24, 2.45) is 0 Å². The number of hydrogen-bond acceptors (Lipinski definition) is 2. The highest BCUT2D eigenvalue weighted by Gasteiger charge is 2.11. The van der Waals surface area contributed by atoms with Crippen LogP contribution in [0.2, 0.25) is 0 Å². The Morgan fingerprint density at radius 2 is 1.71 bits per heavy atom. The fourth-order valence-electron chi connectivity index (χ4n) is 2.61. The van der Waals surface area contributed by atoms with E-state index in [4.69, 9.17) is 9.15 Å². The van der Waals surface area contributed by atoms with E-state index in [-0.39, 0.29) is 0 Å². The van der Waals surface area contributed by atoms with Crippen molar-refractivity contribution in [1.82, 2.24) is 0 Å². The normalized spacial score (nSPS) is 11.2. The monoisotopic (exact) mass is 318 g/mol. The van der Waals surface area contributed by atoms with Crippen LogP contribution in [0.3, 0.4) is 0 Å². The number of allylic oxidation sites excluding steroid dienone is 3. The Bertz CT molecular complexity index is 768. The lowest BCUT2D eigenvalue weighted by Crippen LogP contribution is -1.96. The van der Waals surface area contributed by atoms with Crippen LogP contribution in [-0.2, 0) is 0 Å². The highest BCUT2D eigenvalue weighted by Crippen LogP contribution is 2.34. The minimum atomic E-state index is 0.572. The van der Waals surface area contributed by atoms with Crippen molar-refractivity contribution in [3.8, 4) is 28.2 Å². The topological polar surface area (TPSA) is 22.4 Å². The largest absolute Gasteiger partial charge is 0.465 e. The van der Waals surface area contributed by atoms with E-state index in [1.165, 1.54) is 11.1 Å². The number of ether oxygens (including phenoxy) is 1. The highest BCUT2D eigenvalue weighted by atomic mass is 16.6. The van der Waals surface area contributed by atoms with Gasteiger partial charge in [-0.2, -0.15) is 0 Å². The Morgan fingerprint density at radius 3 is 2.54 bits per heavy atom. The second-order valence-electron chi connectivity index (χ2n) is 5.71. The van der Waals surface area contributed by atoms with Gasteiger partial charge in [-0.1, -0.05) is 48.6 Å². The van der Waals surface area contributed by atoms with E-state index < -0.39 is 0 Å². The molecule has 0 N–H and O–H groups in total. The van der Waals surface area contributed by atoms with Crippen molar-refractivity contribution in [2.75, 3.05) is 6.61 Å². The van der Waals surface area contributed by atoms with Crippen LogP contribution in [0.25, 0.3) is 22.3 Å². The lowest BCUT2D eigenvalue weighted by atomic mass is 10.1. The zero-order chi connectivity index (χ0) is 16.6. The molecule has 1 aromatic rings. The molecule has 0 aromatic heterocycles. The molecule has 2 heteroatoms. The molecule has 0 atom stereocenters. The SMILES string of the molecule is C=CC/C=C/CCCOc1cc2cc(-c3ccccc3)cc-2co1. The first kappa shape index (κ1) is 16.1. The average Bonchev–Trinajstić information content (AvgIpc) is 3.05. The van der Waals surface area contributed by atoms with Crippen molar-refractivity contribution in [1.29, 1.82) is 0 Å². The molecule has 0 bridgehead atoms. The van der Waals surface area contributed by atoms with Gasteiger partial charge in [-0.3, -0.25) is 0 Å².